The van der Waals surface area contributed by atoms with E-state index in [0.717, 1.165) is 32.0 Å². The van der Waals surface area contributed by atoms with Gasteiger partial charge in [-0.05, 0) is 13.3 Å². The molecule has 1 fully saturated rings. The average Bonchev–Trinajstić information content (AvgIpc) is 2.90. The van der Waals surface area contributed by atoms with Crippen LogP contribution in [0, 0.1) is 5.92 Å². The van der Waals surface area contributed by atoms with Crippen LogP contribution in [0.1, 0.15) is 19.8 Å². The lowest BCUT2D eigenvalue weighted by Crippen LogP contribution is -2.25. The number of hydrogen-bond donors (Lipinski definition) is 2. The first-order valence-electron chi connectivity index (χ1n) is 6.30. The number of carbonyl (C=O) groups excluding carboxylic acids is 1. The zero-order chi connectivity index (χ0) is 13.0. The number of nitrogens with one attached hydrogen (secondary N) is 1. The summed E-state index contributed by atoms with van der Waals surface area (Å²) in [6, 6.07) is 1.67. The van der Waals surface area contributed by atoms with Crippen molar-refractivity contribution in [3.8, 4) is 0 Å². The van der Waals surface area contributed by atoms with Gasteiger partial charge in [0.1, 0.15) is 5.82 Å². The maximum atomic E-state index is 11.7. The summed E-state index contributed by atoms with van der Waals surface area (Å²) in [5.41, 5.74) is 5.59. The van der Waals surface area contributed by atoms with E-state index in [0.29, 0.717) is 12.3 Å². The van der Waals surface area contributed by atoms with E-state index in [2.05, 4.69) is 10.4 Å². The van der Waals surface area contributed by atoms with E-state index in [1.165, 1.54) is 0 Å². The third-order valence-corrected chi connectivity index (χ3v) is 2.95. The Morgan fingerprint density at radius 3 is 3.28 bits per heavy atom. The highest BCUT2D eigenvalue weighted by Crippen LogP contribution is 2.17. The summed E-state index contributed by atoms with van der Waals surface area (Å²) in [4.78, 5) is 11.7. The second kappa shape index (κ2) is 5.97. The van der Waals surface area contributed by atoms with Crippen LogP contribution >= 0.6 is 0 Å². The molecule has 1 amide bonds. The molecule has 3 N–H and O–H groups in total. The summed E-state index contributed by atoms with van der Waals surface area (Å²) in [5, 5.41) is 7.06. The maximum Gasteiger partial charge on any atom is 0.227 e. The Hall–Kier alpha value is -1.40. The van der Waals surface area contributed by atoms with Gasteiger partial charge in [-0.3, -0.25) is 4.79 Å². The molecular formula is C12H20N4O2. The van der Waals surface area contributed by atoms with E-state index >= 15 is 0 Å². The van der Waals surface area contributed by atoms with Crippen LogP contribution in [0.3, 0.4) is 0 Å². The number of amides is 1. The second-order valence-corrected chi connectivity index (χ2v) is 4.86. The number of hydrogen-bond acceptors (Lipinski definition) is 4. The van der Waals surface area contributed by atoms with E-state index in [4.69, 9.17) is 10.5 Å². The van der Waals surface area contributed by atoms with Gasteiger partial charge >= 0.3 is 0 Å². The summed E-state index contributed by atoms with van der Waals surface area (Å²) in [7, 11) is 0. The molecule has 0 spiro atoms. The molecule has 2 atom stereocenters. The SMILES string of the molecule is CC(N)CC(=O)Nc1ccnn1CC1CCOC1. The topological polar surface area (TPSA) is 82.2 Å². The van der Waals surface area contributed by atoms with Crippen LogP contribution in [0.15, 0.2) is 12.3 Å². The molecular weight excluding hydrogens is 232 g/mol. The average molecular weight is 252 g/mol. The summed E-state index contributed by atoms with van der Waals surface area (Å²) >= 11 is 0. The van der Waals surface area contributed by atoms with Crippen LogP contribution in [0.4, 0.5) is 5.82 Å². The molecule has 1 aliphatic heterocycles. The minimum Gasteiger partial charge on any atom is -0.381 e. The van der Waals surface area contributed by atoms with Gasteiger partial charge in [-0.25, -0.2) is 4.68 Å². The van der Waals surface area contributed by atoms with Gasteiger partial charge in [-0.15, -0.1) is 0 Å². The Balaban J connectivity index is 1.92. The normalized spacial score (nSPS) is 20.9. The Morgan fingerprint density at radius 2 is 2.61 bits per heavy atom. The number of rotatable bonds is 5. The van der Waals surface area contributed by atoms with Crippen molar-refractivity contribution in [1.82, 2.24) is 9.78 Å². The highest BCUT2D eigenvalue weighted by molar-refractivity contribution is 5.90. The standard InChI is InChI=1S/C12H20N4O2/c1-9(13)6-12(17)15-11-2-4-14-16(11)7-10-3-5-18-8-10/h2,4,9-10H,3,5-8,13H2,1H3,(H,15,17). The lowest BCUT2D eigenvalue weighted by molar-refractivity contribution is -0.116. The largest absolute Gasteiger partial charge is 0.381 e. The molecule has 1 aromatic heterocycles. The Bertz CT molecular complexity index is 397. The van der Waals surface area contributed by atoms with Crippen molar-refractivity contribution in [2.75, 3.05) is 18.5 Å². The molecule has 18 heavy (non-hydrogen) atoms. The third kappa shape index (κ3) is 3.54. The molecule has 1 aromatic rings. The first-order valence-corrected chi connectivity index (χ1v) is 6.30. The van der Waals surface area contributed by atoms with Gasteiger partial charge in [0.05, 0.1) is 12.8 Å². The van der Waals surface area contributed by atoms with Crippen LogP contribution in [0.25, 0.3) is 0 Å². The molecule has 6 heteroatoms. The highest BCUT2D eigenvalue weighted by atomic mass is 16.5. The van der Waals surface area contributed by atoms with Gasteiger partial charge in [0.25, 0.3) is 0 Å². The van der Waals surface area contributed by atoms with E-state index in [-0.39, 0.29) is 11.9 Å². The van der Waals surface area contributed by atoms with Crippen molar-refractivity contribution >= 4 is 11.7 Å². The number of nitrogens with two attached hydrogens (primary N) is 1. The van der Waals surface area contributed by atoms with Gasteiger partial charge < -0.3 is 15.8 Å². The first kappa shape index (κ1) is 13.0. The molecule has 1 saturated heterocycles. The molecule has 0 aliphatic carbocycles. The van der Waals surface area contributed by atoms with Crippen molar-refractivity contribution in [1.29, 1.82) is 0 Å². The quantitative estimate of drug-likeness (QED) is 0.803. The lowest BCUT2D eigenvalue weighted by Gasteiger charge is -2.12. The summed E-state index contributed by atoms with van der Waals surface area (Å²) in [6.07, 6.45) is 3.06. The number of ether oxygens (including phenoxy) is 1. The molecule has 6 nitrogen and oxygen atoms in total. The Labute approximate surface area is 106 Å². The summed E-state index contributed by atoms with van der Waals surface area (Å²) in [5.74, 6) is 1.14. The van der Waals surface area contributed by atoms with Gasteiger partial charge in [0, 0.05) is 37.6 Å². The number of anilines is 1. The lowest BCUT2D eigenvalue weighted by atomic mass is 10.1. The van der Waals surface area contributed by atoms with Crippen molar-refractivity contribution in [2.45, 2.75) is 32.4 Å². The predicted octanol–water partition coefficient (Wildman–Crippen LogP) is 0.595. The maximum absolute atomic E-state index is 11.7. The van der Waals surface area contributed by atoms with Crippen LogP contribution < -0.4 is 11.1 Å². The number of nitrogens with zero attached hydrogens (tertiary/aromatic N) is 2. The van der Waals surface area contributed by atoms with Crippen LogP contribution in [0.5, 0.6) is 0 Å². The van der Waals surface area contributed by atoms with E-state index in [1.807, 2.05) is 11.6 Å². The van der Waals surface area contributed by atoms with E-state index < -0.39 is 0 Å². The third-order valence-electron chi connectivity index (χ3n) is 2.95. The van der Waals surface area contributed by atoms with Crippen molar-refractivity contribution in [2.24, 2.45) is 11.7 Å². The zero-order valence-electron chi connectivity index (χ0n) is 10.6. The first-order chi connectivity index (χ1) is 8.65. The second-order valence-electron chi connectivity index (χ2n) is 4.86. The number of aromatic nitrogens is 2. The Morgan fingerprint density at radius 1 is 1.78 bits per heavy atom. The summed E-state index contributed by atoms with van der Waals surface area (Å²) in [6.45, 7) is 4.18. The smallest absolute Gasteiger partial charge is 0.227 e. The van der Waals surface area contributed by atoms with Gasteiger partial charge in [0.2, 0.25) is 5.91 Å². The molecule has 1 aliphatic rings. The number of carbonyl (C=O) groups is 1. The zero-order valence-corrected chi connectivity index (χ0v) is 10.6. The molecule has 2 rings (SSSR count). The molecule has 0 saturated carbocycles. The minimum absolute atomic E-state index is 0.0746. The van der Waals surface area contributed by atoms with Gasteiger partial charge in [-0.2, -0.15) is 5.10 Å². The molecule has 100 valence electrons. The van der Waals surface area contributed by atoms with Crippen LogP contribution in [-0.4, -0.2) is 34.9 Å². The van der Waals surface area contributed by atoms with Crippen molar-refractivity contribution in [3.05, 3.63) is 12.3 Å². The van der Waals surface area contributed by atoms with Crippen molar-refractivity contribution in [3.63, 3.8) is 0 Å². The van der Waals surface area contributed by atoms with Gasteiger partial charge in [0.15, 0.2) is 0 Å². The molecule has 0 aromatic carbocycles. The predicted molar refractivity (Wildman–Crippen MR) is 68.0 cm³/mol. The molecule has 2 heterocycles. The fourth-order valence-corrected chi connectivity index (χ4v) is 2.04. The Kier molecular flexibility index (Phi) is 4.33. The highest BCUT2D eigenvalue weighted by Gasteiger charge is 2.18. The monoisotopic (exact) mass is 252 g/mol. The summed E-state index contributed by atoms with van der Waals surface area (Å²) < 4.78 is 7.15. The van der Waals surface area contributed by atoms with E-state index in [9.17, 15) is 4.79 Å². The van der Waals surface area contributed by atoms with Crippen LogP contribution in [0.2, 0.25) is 0 Å². The molecule has 0 bridgehead atoms. The fourth-order valence-electron chi connectivity index (χ4n) is 2.04. The molecule has 0 radical (unpaired) electrons. The fraction of sp³-hybridized carbons (Fsp3) is 0.667. The van der Waals surface area contributed by atoms with Crippen LogP contribution in [-0.2, 0) is 16.1 Å². The minimum atomic E-state index is -0.135. The van der Waals surface area contributed by atoms with Gasteiger partial charge in [-0.1, -0.05) is 0 Å². The van der Waals surface area contributed by atoms with E-state index in [1.54, 1.807) is 12.3 Å². The van der Waals surface area contributed by atoms with Crippen molar-refractivity contribution < 1.29 is 9.53 Å². The molecule has 2 unspecified atom stereocenters.